The maximum atomic E-state index is 6.34. The summed E-state index contributed by atoms with van der Waals surface area (Å²) in [5, 5.41) is 3.43. The third kappa shape index (κ3) is 1.34. The van der Waals surface area contributed by atoms with Crippen LogP contribution in [0.1, 0.15) is 24.0 Å². The minimum Gasteiger partial charge on any atom is -0.324 e. The molecule has 1 fully saturated rings. The number of rotatable bonds is 0. The van der Waals surface area contributed by atoms with E-state index in [0.29, 0.717) is 0 Å². The molecule has 1 aliphatic carbocycles. The summed E-state index contributed by atoms with van der Waals surface area (Å²) in [7, 11) is 0. The van der Waals surface area contributed by atoms with Crippen LogP contribution < -0.4 is 11.1 Å². The van der Waals surface area contributed by atoms with Gasteiger partial charge in [0.15, 0.2) is 0 Å². The van der Waals surface area contributed by atoms with Gasteiger partial charge >= 0.3 is 0 Å². The molecule has 0 aromatic heterocycles. The molecule has 1 unspecified atom stereocenters. The Morgan fingerprint density at radius 3 is 2.75 bits per heavy atom. The standard InChI is InChI=1S/C14H18N2/c15-13-6-5-11-3-1-2-4-12(11)14(13)7-9-16-10-8-14/h1-6,13,16H,7-10,15H2. The number of nitrogens with one attached hydrogen (secondary N) is 1. The van der Waals surface area contributed by atoms with Crippen LogP contribution in [0.4, 0.5) is 0 Å². The summed E-state index contributed by atoms with van der Waals surface area (Å²) in [6, 6.07) is 8.86. The number of fused-ring (bicyclic) bond motifs is 2. The van der Waals surface area contributed by atoms with Crippen LogP contribution in [0.5, 0.6) is 0 Å². The average molecular weight is 214 g/mol. The summed E-state index contributed by atoms with van der Waals surface area (Å²) < 4.78 is 0. The Kier molecular flexibility index (Phi) is 2.34. The second kappa shape index (κ2) is 3.72. The number of nitrogens with two attached hydrogens (primary N) is 1. The van der Waals surface area contributed by atoms with Gasteiger partial charge in [-0.25, -0.2) is 0 Å². The van der Waals surface area contributed by atoms with Crippen LogP contribution in [0.2, 0.25) is 0 Å². The lowest BCUT2D eigenvalue weighted by Crippen LogP contribution is -2.52. The lowest BCUT2D eigenvalue weighted by molar-refractivity contribution is 0.278. The number of hydrogen-bond donors (Lipinski definition) is 2. The predicted octanol–water partition coefficient (Wildman–Crippen LogP) is 1.66. The van der Waals surface area contributed by atoms with Gasteiger partial charge in [0.2, 0.25) is 0 Å². The van der Waals surface area contributed by atoms with Gasteiger partial charge in [-0.3, -0.25) is 0 Å². The Bertz CT molecular complexity index is 416. The number of benzene rings is 1. The van der Waals surface area contributed by atoms with E-state index in [-0.39, 0.29) is 11.5 Å². The molecule has 2 nitrogen and oxygen atoms in total. The molecule has 1 saturated heterocycles. The zero-order valence-electron chi connectivity index (χ0n) is 9.45. The van der Waals surface area contributed by atoms with Gasteiger partial charge in [-0.05, 0) is 37.1 Å². The molecule has 3 N–H and O–H groups in total. The normalized spacial score (nSPS) is 26.7. The topological polar surface area (TPSA) is 38.0 Å². The molecule has 1 aliphatic heterocycles. The molecule has 1 atom stereocenters. The minimum absolute atomic E-state index is 0.171. The minimum atomic E-state index is 0.171. The molecule has 1 heterocycles. The molecule has 1 aromatic rings. The molecule has 0 saturated carbocycles. The van der Waals surface area contributed by atoms with Crippen LogP contribution in [0.3, 0.4) is 0 Å². The monoisotopic (exact) mass is 214 g/mol. The molecular weight excluding hydrogens is 196 g/mol. The molecule has 1 spiro atoms. The Morgan fingerprint density at radius 1 is 1.19 bits per heavy atom. The van der Waals surface area contributed by atoms with Crippen LogP contribution in [-0.4, -0.2) is 19.1 Å². The van der Waals surface area contributed by atoms with Crippen molar-refractivity contribution >= 4 is 6.08 Å². The Morgan fingerprint density at radius 2 is 1.94 bits per heavy atom. The highest BCUT2D eigenvalue weighted by Gasteiger charge is 2.41. The van der Waals surface area contributed by atoms with E-state index in [1.807, 2.05) is 0 Å². The highest BCUT2D eigenvalue weighted by atomic mass is 14.9. The summed E-state index contributed by atoms with van der Waals surface area (Å²) in [6.07, 6.45) is 6.64. The maximum Gasteiger partial charge on any atom is 0.0326 e. The fourth-order valence-corrected chi connectivity index (χ4v) is 3.14. The van der Waals surface area contributed by atoms with Crippen molar-refractivity contribution in [3.05, 3.63) is 41.5 Å². The molecule has 0 radical (unpaired) electrons. The van der Waals surface area contributed by atoms with E-state index in [0.717, 1.165) is 25.9 Å². The SMILES string of the molecule is NC1C=Cc2ccccc2C12CCNCC2. The molecule has 2 aliphatic rings. The first-order valence-electron chi connectivity index (χ1n) is 6.07. The fourth-order valence-electron chi connectivity index (χ4n) is 3.14. The zero-order chi connectivity index (χ0) is 11.0. The lowest BCUT2D eigenvalue weighted by atomic mass is 9.64. The van der Waals surface area contributed by atoms with Crippen LogP contribution in [0.15, 0.2) is 30.3 Å². The molecule has 3 rings (SSSR count). The summed E-state index contributed by atoms with van der Waals surface area (Å²) in [5.74, 6) is 0. The highest BCUT2D eigenvalue weighted by molar-refractivity contribution is 5.61. The van der Waals surface area contributed by atoms with Crippen LogP contribution in [0, 0.1) is 0 Å². The van der Waals surface area contributed by atoms with E-state index in [9.17, 15) is 0 Å². The van der Waals surface area contributed by atoms with Crippen molar-refractivity contribution in [1.29, 1.82) is 0 Å². The van der Waals surface area contributed by atoms with Crippen molar-refractivity contribution in [3.63, 3.8) is 0 Å². The first-order valence-corrected chi connectivity index (χ1v) is 6.07. The first-order chi connectivity index (χ1) is 7.83. The predicted molar refractivity (Wildman–Crippen MR) is 67.2 cm³/mol. The molecular formula is C14H18N2. The van der Waals surface area contributed by atoms with Crippen LogP contribution in [-0.2, 0) is 5.41 Å². The Balaban J connectivity index is 2.12. The van der Waals surface area contributed by atoms with Gasteiger partial charge in [-0.1, -0.05) is 36.4 Å². The molecule has 1 aromatic carbocycles. The molecule has 2 heteroatoms. The van der Waals surface area contributed by atoms with E-state index in [1.54, 1.807) is 0 Å². The summed E-state index contributed by atoms with van der Waals surface area (Å²) in [6.45, 7) is 2.16. The van der Waals surface area contributed by atoms with Crippen molar-refractivity contribution in [1.82, 2.24) is 5.32 Å². The summed E-state index contributed by atoms with van der Waals surface area (Å²) in [4.78, 5) is 0. The van der Waals surface area contributed by atoms with Gasteiger partial charge in [-0.2, -0.15) is 0 Å². The quantitative estimate of drug-likeness (QED) is 0.689. The van der Waals surface area contributed by atoms with E-state index < -0.39 is 0 Å². The summed E-state index contributed by atoms with van der Waals surface area (Å²) >= 11 is 0. The van der Waals surface area contributed by atoms with Gasteiger partial charge in [0.25, 0.3) is 0 Å². The summed E-state index contributed by atoms with van der Waals surface area (Å²) in [5.41, 5.74) is 9.33. The van der Waals surface area contributed by atoms with Gasteiger partial charge in [0.05, 0.1) is 0 Å². The van der Waals surface area contributed by atoms with Crippen LogP contribution >= 0.6 is 0 Å². The van der Waals surface area contributed by atoms with Crippen molar-refractivity contribution in [3.8, 4) is 0 Å². The smallest absolute Gasteiger partial charge is 0.0326 e. The van der Waals surface area contributed by atoms with Gasteiger partial charge in [-0.15, -0.1) is 0 Å². The average Bonchev–Trinajstić information content (AvgIpc) is 2.36. The fraction of sp³-hybridized carbons (Fsp3) is 0.429. The van der Waals surface area contributed by atoms with E-state index >= 15 is 0 Å². The molecule has 16 heavy (non-hydrogen) atoms. The molecule has 84 valence electrons. The van der Waals surface area contributed by atoms with Gasteiger partial charge < -0.3 is 11.1 Å². The third-order valence-electron chi connectivity index (χ3n) is 4.11. The van der Waals surface area contributed by atoms with E-state index in [1.165, 1.54) is 11.1 Å². The van der Waals surface area contributed by atoms with Gasteiger partial charge in [0, 0.05) is 11.5 Å². The molecule has 0 bridgehead atoms. The molecule has 0 amide bonds. The van der Waals surface area contributed by atoms with Gasteiger partial charge in [0.1, 0.15) is 0 Å². The maximum absolute atomic E-state index is 6.34. The van der Waals surface area contributed by atoms with Crippen molar-refractivity contribution in [2.24, 2.45) is 5.73 Å². The van der Waals surface area contributed by atoms with E-state index in [2.05, 4.69) is 41.7 Å². The largest absolute Gasteiger partial charge is 0.324 e. The first kappa shape index (κ1) is 10.1. The van der Waals surface area contributed by atoms with Crippen molar-refractivity contribution < 1.29 is 0 Å². The second-order valence-electron chi connectivity index (χ2n) is 4.88. The number of piperidine rings is 1. The van der Waals surface area contributed by atoms with Crippen molar-refractivity contribution in [2.45, 2.75) is 24.3 Å². The highest BCUT2D eigenvalue weighted by Crippen LogP contribution is 2.41. The zero-order valence-corrected chi connectivity index (χ0v) is 9.45. The Labute approximate surface area is 96.5 Å². The second-order valence-corrected chi connectivity index (χ2v) is 4.88. The third-order valence-corrected chi connectivity index (χ3v) is 4.11. The van der Waals surface area contributed by atoms with E-state index in [4.69, 9.17) is 5.73 Å². The lowest BCUT2D eigenvalue weighted by Gasteiger charge is -2.44. The number of hydrogen-bond acceptors (Lipinski definition) is 2. The van der Waals surface area contributed by atoms with Crippen LogP contribution in [0.25, 0.3) is 6.08 Å². The van der Waals surface area contributed by atoms with Crippen molar-refractivity contribution in [2.75, 3.05) is 13.1 Å². The Hall–Kier alpha value is -1.12.